The van der Waals surface area contributed by atoms with Crippen LogP contribution in [0.1, 0.15) is 43.0 Å². The Hall–Kier alpha value is -2.62. The van der Waals surface area contributed by atoms with Crippen LogP contribution in [0, 0.1) is 5.92 Å². The van der Waals surface area contributed by atoms with Crippen LogP contribution in [0.25, 0.3) is 0 Å². The van der Waals surface area contributed by atoms with Crippen LogP contribution in [0.4, 0.5) is 5.69 Å². The first-order valence-corrected chi connectivity index (χ1v) is 13.0. The van der Waals surface area contributed by atoms with Gasteiger partial charge in [-0.25, -0.2) is 13.2 Å². The molecule has 2 aromatic carbocycles. The molecule has 8 nitrogen and oxygen atoms in total. The van der Waals surface area contributed by atoms with Crippen LogP contribution in [-0.4, -0.2) is 51.4 Å². The number of hydrogen-bond donors (Lipinski definition) is 1. The Morgan fingerprint density at radius 1 is 1.18 bits per heavy atom. The average Bonchev–Trinajstić information content (AvgIpc) is 2.84. The fourth-order valence-corrected chi connectivity index (χ4v) is 5.53. The zero-order valence-electron chi connectivity index (χ0n) is 19.3. The summed E-state index contributed by atoms with van der Waals surface area (Å²) < 4.78 is 37.8. The van der Waals surface area contributed by atoms with Gasteiger partial charge in [0.05, 0.1) is 35.1 Å². The smallest absolute Gasteiger partial charge is 0.338 e. The lowest BCUT2D eigenvalue weighted by Gasteiger charge is -2.31. The molecule has 2 aromatic rings. The number of carbonyl (C=O) groups is 2. The normalized spacial score (nSPS) is 16.6. The minimum absolute atomic E-state index is 0.0563. The van der Waals surface area contributed by atoms with E-state index in [1.165, 1.54) is 29.6 Å². The molecular formula is C24H29ClN2O6S. The minimum atomic E-state index is -3.81. The highest BCUT2D eigenvalue weighted by Crippen LogP contribution is 2.30. The first-order chi connectivity index (χ1) is 16.3. The Balaban J connectivity index is 1.63. The van der Waals surface area contributed by atoms with E-state index in [-0.39, 0.29) is 22.4 Å². The van der Waals surface area contributed by atoms with Gasteiger partial charge in [-0.3, -0.25) is 4.79 Å². The van der Waals surface area contributed by atoms with Crippen LogP contribution in [0.2, 0.25) is 5.02 Å². The Kier molecular flexibility index (Phi) is 8.93. The number of unbranched alkanes of at least 4 members (excludes halogenated alkanes) is 1. The number of sulfonamides is 1. The number of hydrogen-bond acceptors (Lipinski definition) is 6. The number of carbonyl (C=O) groups excluding carboxylic acids is 2. The number of rotatable bonds is 9. The molecule has 1 aliphatic rings. The van der Waals surface area contributed by atoms with Crippen molar-refractivity contribution in [3.63, 3.8) is 0 Å². The number of methoxy groups -OCH3 is 1. The van der Waals surface area contributed by atoms with Crippen molar-refractivity contribution in [2.45, 2.75) is 37.5 Å². The first kappa shape index (κ1) is 26.0. The van der Waals surface area contributed by atoms with Crippen molar-refractivity contribution in [2.75, 3.05) is 32.1 Å². The van der Waals surface area contributed by atoms with E-state index in [0.717, 1.165) is 12.8 Å². The number of halogens is 1. The Labute approximate surface area is 205 Å². The van der Waals surface area contributed by atoms with Crippen LogP contribution in [0.3, 0.4) is 0 Å². The van der Waals surface area contributed by atoms with Crippen LogP contribution in [0.5, 0.6) is 5.75 Å². The van der Waals surface area contributed by atoms with Gasteiger partial charge in [0.1, 0.15) is 5.75 Å². The molecule has 1 amide bonds. The molecule has 0 aromatic heterocycles. The van der Waals surface area contributed by atoms with Gasteiger partial charge < -0.3 is 14.8 Å². The molecule has 1 N–H and O–H groups in total. The van der Waals surface area contributed by atoms with E-state index in [1.807, 2.05) is 6.92 Å². The Bertz CT molecular complexity index is 1120. The van der Waals surface area contributed by atoms with Crippen molar-refractivity contribution in [3.05, 3.63) is 53.1 Å². The summed E-state index contributed by atoms with van der Waals surface area (Å²) in [5, 5.41) is 3.02. The number of piperidine rings is 1. The maximum absolute atomic E-state index is 13.1. The van der Waals surface area contributed by atoms with E-state index in [2.05, 4.69) is 5.32 Å². The predicted molar refractivity (Wildman–Crippen MR) is 130 cm³/mol. The van der Waals surface area contributed by atoms with Crippen molar-refractivity contribution in [1.29, 1.82) is 0 Å². The third-order valence-electron chi connectivity index (χ3n) is 5.64. The van der Waals surface area contributed by atoms with E-state index < -0.39 is 21.9 Å². The molecule has 0 unspecified atom stereocenters. The molecule has 1 fully saturated rings. The van der Waals surface area contributed by atoms with Crippen molar-refractivity contribution >= 4 is 39.2 Å². The van der Waals surface area contributed by atoms with Crippen LogP contribution >= 0.6 is 11.6 Å². The van der Waals surface area contributed by atoms with Gasteiger partial charge in [0.15, 0.2) is 0 Å². The lowest BCUT2D eigenvalue weighted by molar-refractivity contribution is -0.120. The van der Waals surface area contributed by atoms with Crippen molar-refractivity contribution in [2.24, 2.45) is 5.92 Å². The maximum Gasteiger partial charge on any atom is 0.338 e. The van der Waals surface area contributed by atoms with Gasteiger partial charge in [-0.05, 0) is 61.7 Å². The van der Waals surface area contributed by atoms with Gasteiger partial charge in [0.25, 0.3) is 0 Å². The second-order valence-electron chi connectivity index (χ2n) is 8.05. The average molecular weight is 509 g/mol. The van der Waals surface area contributed by atoms with Crippen LogP contribution in [-0.2, 0) is 19.6 Å². The van der Waals surface area contributed by atoms with E-state index in [0.29, 0.717) is 43.0 Å². The summed E-state index contributed by atoms with van der Waals surface area (Å²) in [5.74, 6) is -0.795. The highest BCUT2D eigenvalue weighted by atomic mass is 35.5. The lowest BCUT2D eigenvalue weighted by atomic mass is 9.98. The summed E-state index contributed by atoms with van der Waals surface area (Å²) >= 11 is 6.11. The second-order valence-corrected chi connectivity index (χ2v) is 10.4. The minimum Gasteiger partial charge on any atom is -0.495 e. The van der Waals surface area contributed by atoms with Crippen molar-refractivity contribution < 1.29 is 27.5 Å². The molecule has 10 heteroatoms. The zero-order chi connectivity index (χ0) is 24.7. The molecule has 0 aliphatic carbocycles. The van der Waals surface area contributed by atoms with Crippen molar-refractivity contribution in [1.82, 2.24) is 4.31 Å². The molecule has 34 heavy (non-hydrogen) atoms. The first-order valence-electron chi connectivity index (χ1n) is 11.2. The van der Waals surface area contributed by atoms with Gasteiger partial charge >= 0.3 is 5.97 Å². The molecule has 1 saturated heterocycles. The summed E-state index contributed by atoms with van der Waals surface area (Å²) in [4.78, 5) is 24.9. The molecule has 0 spiro atoms. The quantitative estimate of drug-likeness (QED) is 0.399. The van der Waals surface area contributed by atoms with Gasteiger partial charge in [-0.2, -0.15) is 4.31 Å². The highest BCUT2D eigenvalue weighted by Gasteiger charge is 2.33. The Morgan fingerprint density at radius 2 is 1.91 bits per heavy atom. The van der Waals surface area contributed by atoms with Gasteiger partial charge in [-0.1, -0.05) is 24.9 Å². The number of nitrogens with one attached hydrogen (secondary N) is 1. The van der Waals surface area contributed by atoms with Crippen LogP contribution < -0.4 is 10.1 Å². The third-order valence-corrected chi connectivity index (χ3v) is 7.79. The molecule has 184 valence electrons. The van der Waals surface area contributed by atoms with E-state index >= 15 is 0 Å². The van der Waals surface area contributed by atoms with E-state index in [9.17, 15) is 18.0 Å². The van der Waals surface area contributed by atoms with Crippen LogP contribution in [0.15, 0.2) is 47.4 Å². The predicted octanol–water partition coefficient (Wildman–Crippen LogP) is 4.34. The molecule has 0 radical (unpaired) electrons. The zero-order valence-corrected chi connectivity index (χ0v) is 20.8. The maximum atomic E-state index is 13.1. The van der Waals surface area contributed by atoms with Gasteiger partial charge in [-0.15, -0.1) is 0 Å². The Morgan fingerprint density at radius 3 is 2.56 bits per heavy atom. The lowest BCUT2D eigenvalue weighted by Crippen LogP contribution is -2.43. The summed E-state index contributed by atoms with van der Waals surface area (Å²) in [6.45, 7) is 2.78. The fourth-order valence-electron chi connectivity index (χ4n) is 3.66. The molecule has 0 bridgehead atoms. The van der Waals surface area contributed by atoms with Gasteiger partial charge in [0, 0.05) is 18.8 Å². The molecule has 3 rings (SSSR count). The second kappa shape index (κ2) is 11.7. The summed E-state index contributed by atoms with van der Waals surface area (Å²) in [7, 11) is -2.36. The number of benzene rings is 2. The monoisotopic (exact) mass is 508 g/mol. The molecular weight excluding hydrogens is 480 g/mol. The largest absolute Gasteiger partial charge is 0.495 e. The van der Waals surface area contributed by atoms with E-state index in [1.54, 1.807) is 24.3 Å². The fraction of sp³-hybridized carbons (Fsp3) is 0.417. The molecule has 1 atom stereocenters. The van der Waals surface area contributed by atoms with E-state index in [4.69, 9.17) is 21.1 Å². The van der Waals surface area contributed by atoms with Crippen molar-refractivity contribution in [3.8, 4) is 5.75 Å². The summed E-state index contributed by atoms with van der Waals surface area (Å²) in [6.07, 6.45) is 2.87. The number of amides is 1. The molecule has 0 saturated carbocycles. The van der Waals surface area contributed by atoms with Gasteiger partial charge in [0.2, 0.25) is 15.9 Å². The summed E-state index contributed by atoms with van der Waals surface area (Å²) in [5.41, 5.74) is 0.930. The number of esters is 1. The third kappa shape index (κ3) is 6.28. The number of ether oxygens (including phenoxy) is 2. The number of anilines is 1. The molecule has 1 heterocycles. The SMILES string of the molecule is CCCCOC(=O)c1ccc(NC(=O)[C@@H]2CCCN(S(=O)(=O)c3ccc(OC)c(Cl)c3)C2)cc1. The topological polar surface area (TPSA) is 102 Å². The summed E-state index contributed by atoms with van der Waals surface area (Å²) in [6, 6.07) is 10.7. The standard InChI is InChI=1S/C24H29ClN2O6S/c1-3-4-14-33-24(29)17-7-9-19(10-8-17)26-23(28)18-6-5-13-27(16-18)34(30,31)20-11-12-22(32-2)21(25)15-20/h7-12,15,18H,3-6,13-14,16H2,1-2H3,(H,26,28)/t18-/m1/s1. The molecule has 1 aliphatic heterocycles. The highest BCUT2D eigenvalue weighted by molar-refractivity contribution is 7.89. The number of nitrogens with zero attached hydrogens (tertiary/aromatic N) is 1.